The van der Waals surface area contributed by atoms with Gasteiger partial charge in [0.15, 0.2) is 5.82 Å². The highest BCUT2D eigenvalue weighted by Gasteiger charge is 2.39. The number of hydrogen-bond acceptors (Lipinski definition) is 5. The third kappa shape index (κ3) is 3.85. The van der Waals surface area contributed by atoms with Crippen LogP contribution in [0.1, 0.15) is 38.2 Å². The van der Waals surface area contributed by atoms with Gasteiger partial charge in [0, 0.05) is 24.8 Å². The van der Waals surface area contributed by atoms with Crippen LogP contribution in [0.15, 0.2) is 37.1 Å². The maximum Gasteiger partial charge on any atom is 0.343 e. The lowest BCUT2D eigenvalue weighted by atomic mass is 10.1. The van der Waals surface area contributed by atoms with Gasteiger partial charge in [-0.25, -0.2) is 19.2 Å². The van der Waals surface area contributed by atoms with Crippen LogP contribution < -0.4 is 15.2 Å². The number of fused-ring (bicyclic) bond motifs is 1. The molecule has 1 aromatic heterocycles. The molecule has 2 aliphatic rings. The Morgan fingerprint density at radius 2 is 2.00 bits per heavy atom. The molecule has 2 aromatic rings. The van der Waals surface area contributed by atoms with Gasteiger partial charge >= 0.3 is 6.03 Å². The molecule has 170 valence electrons. The number of alkyl halides is 2. The van der Waals surface area contributed by atoms with Crippen molar-refractivity contribution in [1.29, 1.82) is 0 Å². The van der Waals surface area contributed by atoms with Crippen LogP contribution in [0, 0.1) is 5.82 Å². The zero-order chi connectivity index (χ0) is 23.0. The molecule has 1 fully saturated rings. The Bertz CT molecular complexity index is 1040. The van der Waals surface area contributed by atoms with E-state index in [1.165, 1.54) is 11.1 Å². The van der Waals surface area contributed by atoms with E-state index < -0.39 is 17.3 Å². The van der Waals surface area contributed by atoms with E-state index in [1.807, 2.05) is 11.9 Å². The summed E-state index contributed by atoms with van der Waals surface area (Å²) < 4.78 is 42.0. The highest BCUT2D eigenvalue weighted by Crippen LogP contribution is 2.39. The van der Waals surface area contributed by atoms with Crippen molar-refractivity contribution < 1.29 is 18.0 Å². The van der Waals surface area contributed by atoms with E-state index >= 15 is 0 Å². The van der Waals surface area contributed by atoms with Crippen LogP contribution in [0.5, 0.6) is 0 Å². The van der Waals surface area contributed by atoms with Gasteiger partial charge in [0.25, 0.3) is 5.92 Å². The predicted molar refractivity (Wildman–Crippen MR) is 117 cm³/mol. The summed E-state index contributed by atoms with van der Waals surface area (Å²) in [7, 11) is 1.66. The lowest BCUT2D eigenvalue weighted by Gasteiger charge is -2.45. The van der Waals surface area contributed by atoms with Gasteiger partial charge in [-0.3, -0.25) is 9.91 Å². The standard InChI is InChI=1S/C22H25F3N6O/c1-4-22(24,25)14-10-15(23)12-16(11-14)27-20-26-13-18-19(28-20)31(17-8-6-7-9-17)30(5-2)21(32)29(18)3/h4,10-13,17H,1,5-9H2,2-3H3,(H,26,27,28). The number of carbonyl (C=O) groups excluding carboxylic acids is 1. The van der Waals surface area contributed by atoms with Crippen molar-refractivity contribution in [1.82, 2.24) is 15.0 Å². The number of anilines is 4. The molecule has 0 spiro atoms. The van der Waals surface area contributed by atoms with E-state index in [-0.39, 0.29) is 23.7 Å². The molecule has 2 amide bonds. The largest absolute Gasteiger partial charge is 0.343 e. The van der Waals surface area contributed by atoms with Crippen molar-refractivity contribution in [2.75, 3.05) is 28.8 Å². The second-order valence-corrected chi connectivity index (χ2v) is 7.92. The molecular formula is C22H25F3N6O. The van der Waals surface area contributed by atoms with E-state index in [4.69, 9.17) is 0 Å². The fourth-order valence-corrected chi connectivity index (χ4v) is 4.22. The number of nitrogens with one attached hydrogen (secondary N) is 1. The molecule has 1 aromatic carbocycles. The van der Waals surface area contributed by atoms with Gasteiger partial charge in [-0.1, -0.05) is 19.4 Å². The maximum atomic E-state index is 14.0. The SMILES string of the molecule is C=CC(F)(F)c1cc(F)cc(Nc2ncc3c(n2)N(C2CCCC2)N(CC)C(=O)N3C)c1. The fraction of sp³-hybridized carbons (Fsp3) is 0.409. The molecular weight excluding hydrogens is 421 g/mol. The number of benzene rings is 1. The Morgan fingerprint density at radius 3 is 2.66 bits per heavy atom. The van der Waals surface area contributed by atoms with Crippen LogP contribution in [0.4, 0.5) is 41.1 Å². The second kappa shape index (κ2) is 8.33. The van der Waals surface area contributed by atoms with Crippen molar-refractivity contribution in [2.45, 2.75) is 44.6 Å². The van der Waals surface area contributed by atoms with Crippen molar-refractivity contribution in [3.05, 3.63) is 48.4 Å². The molecule has 32 heavy (non-hydrogen) atoms. The first kappa shape index (κ1) is 21.9. The molecule has 2 heterocycles. The Labute approximate surface area is 184 Å². The van der Waals surface area contributed by atoms with Gasteiger partial charge in [0.2, 0.25) is 5.95 Å². The number of halogens is 3. The number of allylic oxidation sites excluding steroid dienone is 1. The number of rotatable bonds is 6. The monoisotopic (exact) mass is 446 g/mol. The van der Waals surface area contributed by atoms with Crippen LogP contribution in [0.3, 0.4) is 0 Å². The molecule has 1 aliphatic heterocycles. The maximum absolute atomic E-state index is 14.0. The molecule has 0 bridgehead atoms. The van der Waals surface area contributed by atoms with Gasteiger partial charge in [0.05, 0.1) is 12.2 Å². The Kier molecular flexibility index (Phi) is 5.70. The number of carbonyl (C=O) groups is 1. The van der Waals surface area contributed by atoms with Crippen molar-refractivity contribution >= 4 is 29.2 Å². The molecule has 0 saturated heterocycles. The second-order valence-electron chi connectivity index (χ2n) is 7.92. The predicted octanol–water partition coefficient (Wildman–Crippen LogP) is 5.19. The van der Waals surface area contributed by atoms with E-state index in [1.54, 1.807) is 12.1 Å². The fourth-order valence-electron chi connectivity index (χ4n) is 4.22. The van der Waals surface area contributed by atoms with E-state index in [0.717, 1.165) is 43.9 Å². The summed E-state index contributed by atoms with van der Waals surface area (Å²) in [4.78, 5) is 23.2. The quantitative estimate of drug-likeness (QED) is 0.619. The lowest BCUT2D eigenvalue weighted by Crippen LogP contribution is -2.59. The number of aromatic nitrogens is 2. The first-order valence-electron chi connectivity index (χ1n) is 10.6. The molecule has 7 nitrogen and oxygen atoms in total. The van der Waals surface area contributed by atoms with Crippen LogP contribution in [0.25, 0.3) is 0 Å². The smallest absolute Gasteiger partial charge is 0.324 e. The minimum Gasteiger partial charge on any atom is -0.324 e. The highest BCUT2D eigenvalue weighted by atomic mass is 19.3. The Balaban J connectivity index is 1.72. The van der Waals surface area contributed by atoms with Gasteiger partial charge in [-0.05, 0) is 44.0 Å². The van der Waals surface area contributed by atoms with Crippen LogP contribution in [-0.4, -0.2) is 40.6 Å². The van der Waals surface area contributed by atoms with Gasteiger partial charge in [-0.15, -0.1) is 0 Å². The van der Waals surface area contributed by atoms with Crippen LogP contribution in [-0.2, 0) is 5.92 Å². The zero-order valence-corrected chi connectivity index (χ0v) is 18.0. The molecule has 1 aliphatic carbocycles. The summed E-state index contributed by atoms with van der Waals surface area (Å²) in [6, 6.07) is 2.95. The minimum absolute atomic E-state index is 0.0847. The van der Waals surface area contributed by atoms with Gasteiger partial charge in [0.1, 0.15) is 11.5 Å². The molecule has 10 heteroatoms. The van der Waals surface area contributed by atoms with Crippen LogP contribution >= 0.6 is 0 Å². The topological polar surface area (TPSA) is 64.6 Å². The molecule has 4 rings (SSSR count). The highest BCUT2D eigenvalue weighted by molar-refractivity contribution is 5.98. The Morgan fingerprint density at radius 1 is 1.28 bits per heavy atom. The normalized spacial score (nSPS) is 17.0. The van der Waals surface area contributed by atoms with E-state index in [9.17, 15) is 18.0 Å². The van der Waals surface area contributed by atoms with Crippen molar-refractivity contribution in [3.63, 3.8) is 0 Å². The third-order valence-electron chi connectivity index (χ3n) is 5.86. The zero-order valence-electron chi connectivity index (χ0n) is 18.0. The molecule has 0 atom stereocenters. The number of nitrogens with zero attached hydrogens (tertiary/aromatic N) is 5. The summed E-state index contributed by atoms with van der Waals surface area (Å²) in [6.45, 7) is 5.48. The summed E-state index contributed by atoms with van der Waals surface area (Å²) in [6.07, 6.45) is 5.98. The van der Waals surface area contributed by atoms with E-state index in [0.29, 0.717) is 24.1 Å². The molecule has 1 saturated carbocycles. The first-order chi connectivity index (χ1) is 15.2. The molecule has 0 radical (unpaired) electrons. The summed E-state index contributed by atoms with van der Waals surface area (Å²) >= 11 is 0. The average Bonchev–Trinajstić information content (AvgIpc) is 3.30. The first-order valence-corrected chi connectivity index (χ1v) is 10.6. The summed E-state index contributed by atoms with van der Waals surface area (Å²) in [5.41, 5.74) is 0.111. The van der Waals surface area contributed by atoms with Crippen molar-refractivity contribution in [3.8, 4) is 0 Å². The lowest BCUT2D eigenvalue weighted by molar-refractivity contribution is 0.0522. The molecule has 0 unspecified atom stereocenters. The number of urea groups is 1. The summed E-state index contributed by atoms with van der Waals surface area (Å²) in [5, 5.41) is 6.39. The third-order valence-corrected chi connectivity index (χ3v) is 5.86. The van der Waals surface area contributed by atoms with Crippen molar-refractivity contribution in [2.24, 2.45) is 0 Å². The average molecular weight is 446 g/mol. The van der Waals surface area contributed by atoms with Gasteiger partial charge < -0.3 is 5.32 Å². The minimum atomic E-state index is -3.38. The number of hydrazine groups is 1. The van der Waals surface area contributed by atoms with Crippen LogP contribution in [0.2, 0.25) is 0 Å². The number of amides is 2. The summed E-state index contributed by atoms with van der Waals surface area (Å²) in [5.74, 6) is -3.53. The Hall–Kier alpha value is -3.30. The number of hydrogen-bond donors (Lipinski definition) is 1. The van der Waals surface area contributed by atoms with E-state index in [2.05, 4.69) is 21.9 Å². The molecule has 1 N–H and O–H groups in total. The van der Waals surface area contributed by atoms with Gasteiger partial charge in [-0.2, -0.15) is 13.8 Å².